The van der Waals surface area contributed by atoms with Crippen LogP contribution >= 0.6 is 0 Å². The van der Waals surface area contributed by atoms with Crippen LogP contribution in [0.25, 0.3) is 11.5 Å². The standard InChI is InChI=1S/C18H21FN4O2/c1-12(16(24)23-9-7-18(8-10-23)11-14(18)19)20-17-22-21-15(25-17)13-5-3-2-4-6-13/h2-6,12,14H,7-11H2,1H3,(H,20,22)/t12-,14?/m1/s1. The van der Waals surface area contributed by atoms with E-state index in [1.54, 1.807) is 11.8 Å². The molecular weight excluding hydrogens is 323 g/mol. The Morgan fingerprint density at radius 1 is 1.32 bits per heavy atom. The molecule has 1 aromatic heterocycles. The van der Waals surface area contributed by atoms with Gasteiger partial charge in [-0.1, -0.05) is 23.3 Å². The van der Waals surface area contributed by atoms with Crippen molar-refractivity contribution in [3.63, 3.8) is 0 Å². The monoisotopic (exact) mass is 344 g/mol. The molecular formula is C18H21FN4O2. The molecule has 1 spiro atoms. The van der Waals surface area contributed by atoms with E-state index >= 15 is 0 Å². The lowest BCUT2D eigenvalue weighted by Gasteiger charge is -2.33. The summed E-state index contributed by atoms with van der Waals surface area (Å²) in [5.74, 6) is 0.385. The summed E-state index contributed by atoms with van der Waals surface area (Å²) in [4.78, 5) is 14.4. The molecule has 2 heterocycles. The number of piperidine rings is 1. The Kier molecular flexibility index (Phi) is 3.94. The number of aromatic nitrogens is 2. The highest BCUT2D eigenvalue weighted by atomic mass is 19.1. The molecule has 4 rings (SSSR count). The van der Waals surface area contributed by atoms with Gasteiger partial charge in [0, 0.05) is 24.1 Å². The van der Waals surface area contributed by atoms with Crippen molar-refractivity contribution in [3.8, 4) is 11.5 Å². The predicted octanol–water partition coefficient (Wildman–Crippen LogP) is 2.89. The van der Waals surface area contributed by atoms with Crippen LogP contribution in [0, 0.1) is 5.41 Å². The molecule has 2 aromatic rings. The molecule has 1 aliphatic heterocycles. The van der Waals surface area contributed by atoms with Crippen molar-refractivity contribution in [1.82, 2.24) is 15.1 Å². The Balaban J connectivity index is 1.35. The highest BCUT2D eigenvalue weighted by Gasteiger charge is 2.56. The third kappa shape index (κ3) is 3.10. The fourth-order valence-electron chi connectivity index (χ4n) is 3.49. The molecule has 1 amide bonds. The molecule has 2 atom stereocenters. The van der Waals surface area contributed by atoms with Crippen LogP contribution in [0.1, 0.15) is 26.2 Å². The fourth-order valence-corrected chi connectivity index (χ4v) is 3.49. The third-order valence-corrected chi connectivity index (χ3v) is 5.32. The topological polar surface area (TPSA) is 71.3 Å². The van der Waals surface area contributed by atoms with Gasteiger partial charge in [-0.05, 0) is 38.3 Å². The second kappa shape index (κ2) is 6.13. The molecule has 1 aromatic carbocycles. The van der Waals surface area contributed by atoms with Crippen molar-refractivity contribution >= 4 is 11.9 Å². The molecule has 25 heavy (non-hydrogen) atoms. The van der Waals surface area contributed by atoms with E-state index in [0.29, 0.717) is 25.4 Å². The van der Waals surface area contributed by atoms with Crippen molar-refractivity contribution in [1.29, 1.82) is 0 Å². The highest BCUT2D eigenvalue weighted by Crippen LogP contribution is 2.55. The summed E-state index contributed by atoms with van der Waals surface area (Å²) in [6, 6.07) is 9.21. The van der Waals surface area contributed by atoms with Gasteiger partial charge < -0.3 is 14.6 Å². The summed E-state index contributed by atoms with van der Waals surface area (Å²) >= 11 is 0. The van der Waals surface area contributed by atoms with Crippen LogP contribution in [-0.2, 0) is 4.79 Å². The van der Waals surface area contributed by atoms with Crippen LogP contribution in [0.3, 0.4) is 0 Å². The number of hydrogen-bond donors (Lipinski definition) is 1. The molecule has 2 fully saturated rings. The van der Waals surface area contributed by atoms with E-state index in [1.165, 1.54) is 0 Å². The van der Waals surface area contributed by atoms with Gasteiger partial charge in [0.05, 0.1) is 0 Å². The minimum atomic E-state index is -0.671. The summed E-state index contributed by atoms with van der Waals surface area (Å²) in [6.45, 7) is 3.00. The second-order valence-electron chi connectivity index (χ2n) is 7.00. The Bertz CT molecular complexity index is 755. The van der Waals surface area contributed by atoms with Crippen LogP contribution < -0.4 is 5.32 Å². The minimum Gasteiger partial charge on any atom is -0.403 e. The zero-order valence-electron chi connectivity index (χ0n) is 14.1. The van der Waals surface area contributed by atoms with Crippen molar-refractivity contribution in [2.45, 2.75) is 38.4 Å². The number of nitrogens with one attached hydrogen (secondary N) is 1. The average Bonchev–Trinajstić information content (AvgIpc) is 3.05. The molecule has 0 radical (unpaired) electrons. The number of halogens is 1. The van der Waals surface area contributed by atoms with Crippen LogP contribution in [0.15, 0.2) is 34.7 Å². The second-order valence-corrected chi connectivity index (χ2v) is 7.00. The van der Waals surface area contributed by atoms with Crippen LogP contribution in [-0.4, -0.2) is 46.3 Å². The van der Waals surface area contributed by atoms with E-state index in [4.69, 9.17) is 4.42 Å². The predicted molar refractivity (Wildman–Crippen MR) is 90.6 cm³/mol. The third-order valence-electron chi connectivity index (χ3n) is 5.32. The van der Waals surface area contributed by atoms with E-state index in [0.717, 1.165) is 18.4 Å². The maximum absolute atomic E-state index is 13.4. The van der Waals surface area contributed by atoms with Gasteiger partial charge in [0.2, 0.25) is 11.8 Å². The molecule has 2 aliphatic rings. The van der Waals surface area contributed by atoms with Gasteiger partial charge in [-0.3, -0.25) is 4.79 Å². The number of carbonyl (C=O) groups is 1. The van der Waals surface area contributed by atoms with Gasteiger partial charge in [0.15, 0.2) is 0 Å². The van der Waals surface area contributed by atoms with Crippen molar-refractivity contribution in [2.24, 2.45) is 5.41 Å². The molecule has 0 bridgehead atoms. The Morgan fingerprint density at radius 3 is 2.64 bits per heavy atom. The zero-order valence-corrected chi connectivity index (χ0v) is 14.1. The Labute approximate surface area is 145 Å². The van der Waals surface area contributed by atoms with E-state index < -0.39 is 12.2 Å². The first kappa shape index (κ1) is 16.1. The largest absolute Gasteiger partial charge is 0.403 e. The number of alkyl halides is 1. The fraction of sp³-hybridized carbons (Fsp3) is 0.500. The lowest BCUT2D eigenvalue weighted by atomic mass is 9.93. The molecule has 132 valence electrons. The van der Waals surface area contributed by atoms with E-state index in [2.05, 4.69) is 15.5 Å². The van der Waals surface area contributed by atoms with Gasteiger partial charge in [-0.15, -0.1) is 5.10 Å². The van der Waals surface area contributed by atoms with Gasteiger partial charge in [-0.25, -0.2) is 4.39 Å². The number of hydrogen-bond acceptors (Lipinski definition) is 5. The first-order valence-electron chi connectivity index (χ1n) is 8.66. The number of anilines is 1. The number of likely N-dealkylation sites (tertiary alicyclic amines) is 1. The molecule has 1 saturated heterocycles. The van der Waals surface area contributed by atoms with E-state index in [-0.39, 0.29) is 17.3 Å². The number of carbonyl (C=O) groups excluding carboxylic acids is 1. The molecule has 1 aliphatic carbocycles. The van der Waals surface area contributed by atoms with Gasteiger partial charge >= 0.3 is 6.01 Å². The van der Waals surface area contributed by atoms with Crippen molar-refractivity contribution in [2.75, 3.05) is 18.4 Å². The molecule has 1 saturated carbocycles. The molecule has 1 unspecified atom stereocenters. The summed E-state index contributed by atoms with van der Waals surface area (Å²) < 4.78 is 19.0. The molecule has 6 nitrogen and oxygen atoms in total. The first-order valence-corrected chi connectivity index (χ1v) is 8.66. The molecule has 7 heteroatoms. The smallest absolute Gasteiger partial charge is 0.316 e. The maximum Gasteiger partial charge on any atom is 0.316 e. The van der Waals surface area contributed by atoms with Crippen LogP contribution in [0.2, 0.25) is 0 Å². The van der Waals surface area contributed by atoms with Gasteiger partial charge in [-0.2, -0.15) is 0 Å². The summed E-state index contributed by atoms with van der Waals surface area (Å²) in [6.07, 6.45) is 1.50. The Morgan fingerprint density at radius 2 is 2.00 bits per heavy atom. The van der Waals surface area contributed by atoms with Crippen LogP contribution in [0.5, 0.6) is 0 Å². The van der Waals surface area contributed by atoms with Crippen molar-refractivity contribution < 1.29 is 13.6 Å². The van der Waals surface area contributed by atoms with Gasteiger partial charge in [0.1, 0.15) is 12.2 Å². The Hall–Kier alpha value is -2.44. The summed E-state index contributed by atoms with van der Waals surface area (Å²) in [7, 11) is 0. The SMILES string of the molecule is C[C@@H](Nc1nnc(-c2ccccc2)o1)C(=O)N1CCC2(CC1)CC2F. The average molecular weight is 344 g/mol. The molecule has 1 N–H and O–H groups in total. The zero-order chi connectivity index (χ0) is 17.4. The number of benzene rings is 1. The maximum atomic E-state index is 13.4. The van der Waals surface area contributed by atoms with Crippen molar-refractivity contribution in [3.05, 3.63) is 30.3 Å². The number of amides is 1. The quantitative estimate of drug-likeness (QED) is 0.923. The number of rotatable bonds is 4. The first-order chi connectivity index (χ1) is 12.1. The van der Waals surface area contributed by atoms with E-state index in [9.17, 15) is 9.18 Å². The normalized spacial score (nSPS) is 22.6. The van der Waals surface area contributed by atoms with E-state index in [1.807, 2.05) is 30.3 Å². The summed E-state index contributed by atoms with van der Waals surface area (Å²) in [5.41, 5.74) is 0.693. The highest BCUT2D eigenvalue weighted by molar-refractivity contribution is 5.83. The summed E-state index contributed by atoms with van der Waals surface area (Å²) in [5, 5.41) is 10.9. The lowest BCUT2D eigenvalue weighted by Crippen LogP contribution is -2.46. The van der Waals surface area contributed by atoms with Crippen LogP contribution in [0.4, 0.5) is 10.4 Å². The van der Waals surface area contributed by atoms with Gasteiger partial charge in [0.25, 0.3) is 0 Å². The number of nitrogens with zero attached hydrogens (tertiary/aromatic N) is 3. The lowest BCUT2D eigenvalue weighted by molar-refractivity contribution is -0.133. The minimum absolute atomic E-state index is 0.0228.